The average Bonchev–Trinajstić information content (AvgIpc) is 2.00. The van der Waals surface area contributed by atoms with Gasteiger partial charge in [0, 0.05) is 12.2 Å². The van der Waals surface area contributed by atoms with Gasteiger partial charge in [-0.05, 0) is 6.08 Å². The van der Waals surface area contributed by atoms with Crippen LogP contribution < -0.4 is 0 Å². The zero-order chi connectivity index (χ0) is 10.3. The van der Waals surface area contributed by atoms with Crippen LogP contribution in [-0.2, 0) is 14.3 Å². The number of aliphatic carboxylic acids is 1. The van der Waals surface area contributed by atoms with Crippen LogP contribution >= 0.6 is 23.2 Å². The van der Waals surface area contributed by atoms with E-state index in [0.717, 1.165) is 6.08 Å². The van der Waals surface area contributed by atoms with Crippen molar-refractivity contribution in [3.63, 3.8) is 0 Å². The van der Waals surface area contributed by atoms with Crippen molar-refractivity contribution >= 4 is 35.1 Å². The molecular formula is C7H6Cl2O4. The van der Waals surface area contributed by atoms with Crippen LogP contribution in [-0.4, -0.2) is 23.7 Å². The van der Waals surface area contributed by atoms with E-state index >= 15 is 0 Å². The van der Waals surface area contributed by atoms with Crippen molar-refractivity contribution in [2.75, 3.05) is 6.61 Å². The molecule has 0 unspecified atom stereocenters. The maximum absolute atomic E-state index is 10.6. The predicted octanol–water partition coefficient (Wildman–Crippen LogP) is 1.49. The van der Waals surface area contributed by atoms with Crippen molar-refractivity contribution in [1.29, 1.82) is 0 Å². The lowest BCUT2D eigenvalue weighted by atomic mass is 10.5. The van der Waals surface area contributed by atoms with Gasteiger partial charge in [0.1, 0.15) is 11.1 Å². The lowest BCUT2D eigenvalue weighted by Crippen LogP contribution is -2.01. The minimum Gasteiger partial charge on any atom is -0.478 e. The molecule has 0 aromatic rings. The number of carbonyl (C=O) groups is 2. The summed E-state index contributed by atoms with van der Waals surface area (Å²) in [5, 5.41) is 8.13. The number of carbonyl (C=O) groups excluding carboxylic acids is 1. The molecule has 72 valence electrons. The molecule has 0 amide bonds. The molecule has 1 N–H and O–H groups in total. The standard InChI is InChI=1S/C7H6Cl2O4/c8-5(9)3-4-13-7(12)2-1-6(10)11/h1-3H,4H2,(H,10,11)/b2-1-. The molecular weight excluding hydrogens is 219 g/mol. The van der Waals surface area contributed by atoms with Gasteiger partial charge in [0.15, 0.2) is 0 Å². The summed E-state index contributed by atoms with van der Waals surface area (Å²) in [6.45, 7) is -0.0921. The summed E-state index contributed by atoms with van der Waals surface area (Å²) in [5.41, 5.74) is 0. The molecule has 0 spiro atoms. The maximum Gasteiger partial charge on any atom is 0.331 e. The molecule has 0 aromatic carbocycles. The van der Waals surface area contributed by atoms with Crippen LogP contribution in [0, 0.1) is 0 Å². The van der Waals surface area contributed by atoms with Gasteiger partial charge in [0.2, 0.25) is 0 Å². The first-order valence-electron chi connectivity index (χ1n) is 3.11. The van der Waals surface area contributed by atoms with Crippen LogP contribution in [0.25, 0.3) is 0 Å². The molecule has 0 radical (unpaired) electrons. The monoisotopic (exact) mass is 224 g/mol. The summed E-state index contributed by atoms with van der Waals surface area (Å²) in [6, 6.07) is 0. The maximum atomic E-state index is 10.6. The Morgan fingerprint density at radius 1 is 1.31 bits per heavy atom. The second-order valence-electron chi connectivity index (χ2n) is 1.80. The molecule has 0 aliphatic carbocycles. The SMILES string of the molecule is O=C(O)/C=C\C(=O)OCC=C(Cl)Cl. The number of esters is 1. The molecule has 6 heteroatoms. The minimum atomic E-state index is -1.22. The summed E-state index contributed by atoms with van der Waals surface area (Å²) >= 11 is 10.4. The number of hydrogen-bond donors (Lipinski definition) is 1. The van der Waals surface area contributed by atoms with E-state index in [0.29, 0.717) is 6.08 Å². The Bertz CT molecular complexity index is 253. The number of hydrogen-bond acceptors (Lipinski definition) is 3. The van der Waals surface area contributed by atoms with Crippen molar-refractivity contribution in [1.82, 2.24) is 0 Å². The fraction of sp³-hybridized carbons (Fsp3) is 0.143. The zero-order valence-electron chi connectivity index (χ0n) is 6.37. The minimum absolute atomic E-state index is 0.0185. The Morgan fingerprint density at radius 3 is 2.38 bits per heavy atom. The summed E-state index contributed by atoms with van der Waals surface area (Å²) < 4.78 is 4.45. The smallest absolute Gasteiger partial charge is 0.331 e. The first-order valence-corrected chi connectivity index (χ1v) is 3.87. The van der Waals surface area contributed by atoms with Crippen molar-refractivity contribution in [3.05, 3.63) is 22.7 Å². The fourth-order valence-corrected chi connectivity index (χ4v) is 0.500. The lowest BCUT2D eigenvalue weighted by Gasteiger charge is -1.94. The molecule has 0 saturated carbocycles. The summed E-state index contributed by atoms with van der Waals surface area (Å²) in [6.07, 6.45) is 2.72. The molecule has 0 bridgehead atoms. The van der Waals surface area contributed by atoms with Gasteiger partial charge >= 0.3 is 11.9 Å². The lowest BCUT2D eigenvalue weighted by molar-refractivity contribution is -0.137. The van der Waals surface area contributed by atoms with E-state index in [1.807, 2.05) is 0 Å². The predicted molar refractivity (Wildman–Crippen MR) is 47.5 cm³/mol. The van der Waals surface area contributed by atoms with E-state index < -0.39 is 11.9 Å². The average molecular weight is 225 g/mol. The second-order valence-corrected chi connectivity index (χ2v) is 2.80. The normalized spacial score (nSPS) is 9.69. The molecule has 0 heterocycles. The summed E-state index contributed by atoms with van der Waals surface area (Å²) in [5.74, 6) is -1.99. The van der Waals surface area contributed by atoms with Gasteiger partial charge in [-0.2, -0.15) is 0 Å². The van der Waals surface area contributed by atoms with Gasteiger partial charge in [0.25, 0.3) is 0 Å². The topological polar surface area (TPSA) is 63.6 Å². The molecule has 0 atom stereocenters. The van der Waals surface area contributed by atoms with Crippen LogP contribution in [0.5, 0.6) is 0 Å². The highest BCUT2D eigenvalue weighted by molar-refractivity contribution is 6.55. The summed E-state index contributed by atoms with van der Waals surface area (Å²) in [7, 11) is 0. The third kappa shape index (κ3) is 8.91. The Morgan fingerprint density at radius 2 is 1.92 bits per heavy atom. The van der Waals surface area contributed by atoms with Gasteiger partial charge < -0.3 is 9.84 Å². The second kappa shape index (κ2) is 6.51. The third-order valence-electron chi connectivity index (χ3n) is 0.825. The van der Waals surface area contributed by atoms with Crippen molar-refractivity contribution < 1.29 is 19.4 Å². The van der Waals surface area contributed by atoms with Gasteiger partial charge in [-0.25, -0.2) is 9.59 Å². The van der Waals surface area contributed by atoms with E-state index in [4.69, 9.17) is 28.3 Å². The van der Waals surface area contributed by atoms with Gasteiger partial charge in [-0.1, -0.05) is 23.2 Å². The number of halogens is 2. The van der Waals surface area contributed by atoms with Crippen LogP contribution in [0.4, 0.5) is 0 Å². The molecule has 0 aliphatic rings. The number of carboxylic acids is 1. The van der Waals surface area contributed by atoms with Crippen LogP contribution in [0.2, 0.25) is 0 Å². The molecule has 0 rings (SSSR count). The first kappa shape index (κ1) is 12.0. The van der Waals surface area contributed by atoms with Crippen LogP contribution in [0.3, 0.4) is 0 Å². The number of rotatable bonds is 4. The van der Waals surface area contributed by atoms with Crippen molar-refractivity contribution in [2.24, 2.45) is 0 Å². The van der Waals surface area contributed by atoms with E-state index in [-0.39, 0.29) is 11.1 Å². The fourth-order valence-electron chi connectivity index (χ4n) is 0.374. The highest BCUT2D eigenvalue weighted by Gasteiger charge is 1.96. The zero-order valence-corrected chi connectivity index (χ0v) is 7.88. The van der Waals surface area contributed by atoms with Crippen molar-refractivity contribution in [3.8, 4) is 0 Å². The van der Waals surface area contributed by atoms with E-state index in [2.05, 4.69) is 4.74 Å². The molecule has 0 aromatic heterocycles. The highest BCUT2D eigenvalue weighted by atomic mass is 35.5. The van der Waals surface area contributed by atoms with Gasteiger partial charge in [-0.3, -0.25) is 0 Å². The Balaban J connectivity index is 3.77. The van der Waals surface area contributed by atoms with E-state index in [9.17, 15) is 9.59 Å². The molecule has 13 heavy (non-hydrogen) atoms. The third-order valence-corrected chi connectivity index (χ3v) is 1.13. The largest absolute Gasteiger partial charge is 0.478 e. The van der Waals surface area contributed by atoms with Crippen LogP contribution in [0.15, 0.2) is 22.7 Å². The van der Waals surface area contributed by atoms with E-state index in [1.54, 1.807) is 0 Å². The highest BCUT2D eigenvalue weighted by Crippen LogP contribution is 2.04. The summed E-state index contributed by atoms with van der Waals surface area (Å²) in [4.78, 5) is 20.6. The Hall–Kier alpha value is -1.00. The van der Waals surface area contributed by atoms with Gasteiger partial charge in [0.05, 0.1) is 0 Å². The van der Waals surface area contributed by atoms with E-state index in [1.165, 1.54) is 6.08 Å². The van der Waals surface area contributed by atoms with Crippen LogP contribution in [0.1, 0.15) is 0 Å². The van der Waals surface area contributed by atoms with Gasteiger partial charge in [-0.15, -0.1) is 0 Å². The molecule has 0 aliphatic heterocycles. The molecule has 4 nitrogen and oxygen atoms in total. The Labute approximate surface area is 84.4 Å². The van der Waals surface area contributed by atoms with Crippen molar-refractivity contribution in [2.45, 2.75) is 0 Å². The quantitative estimate of drug-likeness (QED) is 0.581. The molecule has 0 saturated heterocycles. The number of carboxylic acid groups (broad SMARTS) is 1. The number of ether oxygens (including phenoxy) is 1. The Kier molecular flexibility index (Phi) is 6.01. The molecule has 0 fully saturated rings. The first-order chi connectivity index (χ1) is 6.02.